The molecule has 3 rings (SSSR count). The molecule has 3 nitrogen and oxygen atoms in total. The maximum Gasteiger partial charge on any atom is 0.168 e. The standard InChI is InChI=1S/C12H10N2O/c15-11-5-6-13-12-8-3-1-2-4-10(8)14-7-9(11)12/h1-4,7,13H,5-6H2. The maximum atomic E-state index is 11.6. The molecule has 15 heavy (non-hydrogen) atoms. The van der Waals surface area contributed by atoms with E-state index >= 15 is 0 Å². The summed E-state index contributed by atoms with van der Waals surface area (Å²) in [7, 11) is 0. The lowest BCUT2D eigenvalue weighted by atomic mass is 10.0. The van der Waals surface area contributed by atoms with E-state index in [4.69, 9.17) is 0 Å². The average Bonchev–Trinajstić information content (AvgIpc) is 2.29. The van der Waals surface area contributed by atoms with Gasteiger partial charge in [-0.05, 0) is 6.07 Å². The second kappa shape index (κ2) is 3.05. The van der Waals surface area contributed by atoms with Crippen molar-refractivity contribution in [2.24, 2.45) is 0 Å². The van der Waals surface area contributed by atoms with Gasteiger partial charge in [0.25, 0.3) is 0 Å². The minimum absolute atomic E-state index is 0.182. The predicted octanol–water partition coefficient (Wildman–Crippen LogP) is 2.23. The molecule has 0 unspecified atom stereocenters. The molecule has 2 aromatic rings. The Hall–Kier alpha value is -1.90. The van der Waals surface area contributed by atoms with Crippen LogP contribution in [0.4, 0.5) is 5.69 Å². The first kappa shape index (κ1) is 8.41. The third-order valence-electron chi connectivity index (χ3n) is 2.73. The Bertz CT molecular complexity index is 548. The van der Waals surface area contributed by atoms with Crippen molar-refractivity contribution in [3.8, 4) is 0 Å². The summed E-state index contributed by atoms with van der Waals surface area (Å²) in [5.41, 5.74) is 2.59. The van der Waals surface area contributed by atoms with Crippen molar-refractivity contribution in [2.45, 2.75) is 6.42 Å². The highest BCUT2D eigenvalue weighted by atomic mass is 16.1. The average molecular weight is 198 g/mol. The van der Waals surface area contributed by atoms with Gasteiger partial charge in [-0.1, -0.05) is 18.2 Å². The number of hydrogen-bond acceptors (Lipinski definition) is 3. The summed E-state index contributed by atoms with van der Waals surface area (Å²) >= 11 is 0. The van der Waals surface area contributed by atoms with Crippen LogP contribution >= 0.6 is 0 Å². The van der Waals surface area contributed by atoms with Crippen molar-refractivity contribution in [1.82, 2.24) is 4.98 Å². The fourth-order valence-corrected chi connectivity index (χ4v) is 1.98. The van der Waals surface area contributed by atoms with E-state index < -0.39 is 0 Å². The van der Waals surface area contributed by atoms with E-state index in [9.17, 15) is 4.79 Å². The largest absolute Gasteiger partial charge is 0.383 e. The number of aromatic nitrogens is 1. The Balaban J connectivity index is 2.38. The molecule has 0 amide bonds. The van der Waals surface area contributed by atoms with Crippen LogP contribution in [0, 0.1) is 0 Å². The number of pyridine rings is 1. The molecule has 0 saturated heterocycles. The number of hydrogen-bond donors (Lipinski definition) is 1. The number of anilines is 1. The Kier molecular flexibility index (Phi) is 1.71. The second-order valence-electron chi connectivity index (χ2n) is 3.66. The van der Waals surface area contributed by atoms with Crippen molar-refractivity contribution in [2.75, 3.05) is 11.9 Å². The lowest BCUT2D eigenvalue weighted by Gasteiger charge is -2.18. The van der Waals surface area contributed by atoms with E-state index in [2.05, 4.69) is 10.3 Å². The molecule has 1 aliphatic heterocycles. The fraction of sp³-hybridized carbons (Fsp3) is 0.167. The van der Waals surface area contributed by atoms with Gasteiger partial charge in [0.2, 0.25) is 0 Å². The highest BCUT2D eigenvalue weighted by Crippen LogP contribution is 2.28. The summed E-state index contributed by atoms with van der Waals surface area (Å²) in [6.07, 6.45) is 2.24. The molecule has 2 heterocycles. The van der Waals surface area contributed by atoms with Crippen molar-refractivity contribution < 1.29 is 4.79 Å². The van der Waals surface area contributed by atoms with Gasteiger partial charge in [-0.2, -0.15) is 0 Å². The summed E-state index contributed by atoms with van der Waals surface area (Å²) in [6, 6.07) is 7.86. The molecule has 1 aromatic heterocycles. The van der Waals surface area contributed by atoms with E-state index in [0.29, 0.717) is 6.42 Å². The molecule has 0 radical (unpaired) electrons. The van der Waals surface area contributed by atoms with Crippen LogP contribution in [0.2, 0.25) is 0 Å². The number of rotatable bonds is 0. The fourth-order valence-electron chi connectivity index (χ4n) is 1.98. The molecule has 0 saturated carbocycles. The number of nitrogens with zero attached hydrogens (tertiary/aromatic N) is 1. The van der Waals surface area contributed by atoms with Crippen LogP contribution in [0.25, 0.3) is 10.9 Å². The SMILES string of the molecule is O=C1CCNc2c1cnc1ccccc21. The molecule has 3 heteroatoms. The van der Waals surface area contributed by atoms with Gasteiger partial charge in [-0.3, -0.25) is 9.78 Å². The van der Waals surface area contributed by atoms with E-state index in [-0.39, 0.29) is 5.78 Å². The molecule has 0 bridgehead atoms. The van der Waals surface area contributed by atoms with Gasteiger partial charge < -0.3 is 5.32 Å². The molecular formula is C12H10N2O. The quantitative estimate of drug-likeness (QED) is 0.705. The zero-order chi connectivity index (χ0) is 10.3. The van der Waals surface area contributed by atoms with Gasteiger partial charge >= 0.3 is 0 Å². The third-order valence-corrected chi connectivity index (χ3v) is 2.73. The number of ketones is 1. The zero-order valence-electron chi connectivity index (χ0n) is 8.16. The normalized spacial score (nSPS) is 14.8. The van der Waals surface area contributed by atoms with E-state index in [1.165, 1.54) is 0 Å². The predicted molar refractivity (Wildman–Crippen MR) is 59.2 cm³/mol. The molecule has 1 aliphatic rings. The highest BCUT2D eigenvalue weighted by molar-refractivity contribution is 6.09. The monoisotopic (exact) mass is 198 g/mol. The second-order valence-corrected chi connectivity index (χ2v) is 3.66. The number of benzene rings is 1. The molecule has 0 fully saturated rings. The molecule has 0 atom stereocenters. The minimum Gasteiger partial charge on any atom is -0.383 e. The zero-order valence-corrected chi connectivity index (χ0v) is 8.16. The van der Waals surface area contributed by atoms with Gasteiger partial charge in [0, 0.05) is 24.5 Å². The lowest BCUT2D eigenvalue weighted by Crippen LogP contribution is -2.18. The van der Waals surface area contributed by atoms with Crippen LogP contribution in [-0.2, 0) is 0 Å². The summed E-state index contributed by atoms with van der Waals surface area (Å²) in [5, 5.41) is 4.31. The van der Waals surface area contributed by atoms with Crippen molar-refractivity contribution >= 4 is 22.4 Å². The van der Waals surface area contributed by atoms with Gasteiger partial charge in [-0.15, -0.1) is 0 Å². The number of Topliss-reactive ketones (excluding diaryl/α,β-unsaturated/α-hetero) is 1. The van der Waals surface area contributed by atoms with Gasteiger partial charge in [0.1, 0.15) is 0 Å². The molecule has 0 spiro atoms. The molecule has 74 valence electrons. The first-order chi connectivity index (χ1) is 7.36. The van der Waals surface area contributed by atoms with Gasteiger partial charge in [-0.25, -0.2) is 0 Å². The van der Waals surface area contributed by atoms with Crippen molar-refractivity contribution in [3.05, 3.63) is 36.0 Å². The van der Waals surface area contributed by atoms with E-state index in [0.717, 1.165) is 28.7 Å². The Morgan fingerprint density at radius 3 is 3.07 bits per heavy atom. The Morgan fingerprint density at radius 2 is 2.13 bits per heavy atom. The number of nitrogens with one attached hydrogen (secondary N) is 1. The Morgan fingerprint density at radius 1 is 1.27 bits per heavy atom. The number of carbonyl (C=O) groups excluding carboxylic acids is 1. The number of carbonyl (C=O) groups is 1. The summed E-state index contributed by atoms with van der Waals surface area (Å²) in [4.78, 5) is 15.9. The van der Waals surface area contributed by atoms with Crippen molar-refractivity contribution in [1.29, 1.82) is 0 Å². The summed E-state index contributed by atoms with van der Waals surface area (Å²) in [5.74, 6) is 0.182. The summed E-state index contributed by atoms with van der Waals surface area (Å²) in [6.45, 7) is 0.722. The van der Waals surface area contributed by atoms with Crippen molar-refractivity contribution in [3.63, 3.8) is 0 Å². The summed E-state index contributed by atoms with van der Waals surface area (Å²) < 4.78 is 0. The molecular weight excluding hydrogens is 188 g/mol. The van der Waals surface area contributed by atoms with Gasteiger partial charge in [0.05, 0.1) is 16.8 Å². The highest BCUT2D eigenvalue weighted by Gasteiger charge is 2.18. The van der Waals surface area contributed by atoms with Crippen LogP contribution in [0.1, 0.15) is 16.8 Å². The van der Waals surface area contributed by atoms with Crippen LogP contribution in [-0.4, -0.2) is 17.3 Å². The molecule has 1 aromatic carbocycles. The number of para-hydroxylation sites is 1. The van der Waals surface area contributed by atoms with E-state index in [1.54, 1.807) is 6.20 Å². The van der Waals surface area contributed by atoms with Crippen LogP contribution < -0.4 is 5.32 Å². The van der Waals surface area contributed by atoms with Gasteiger partial charge in [0.15, 0.2) is 5.78 Å². The first-order valence-corrected chi connectivity index (χ1v) is 5.01. The molecule has 0 aliphatic carbocycles. The van der Waals surface area contributed by atoms with Crippen LogP contribution in [0.5, 0.6) is 0 Å². The van der Waals surface area contributed by atoms with Crippen LogP contribution in [0.3, 0.4) is 0 Å². The molecule has 1 N–H and O–H groups in total. The first-order valence-electron chi connectivity index (χ1n) is 5.01. The maximum absolute atomic E-state index is 11.6. The van der Waals surface area contributed by atoms with Crippen LogP contribution in [0.15, 0.2) is 30.5 Å². The topological polar surface area (TPSA) is 42.0 Å². The number of fused-ring (bicyclic) bond motifs is 3. The third kappa shape index (κ3) is 1.20. The lowest BCUT2D eigenvalue weighted by molar-refractivity contribution is 0.0983. The smallest absolute Gasteiger partial charge is 0.168 e. The Labute approximate surface area is 87.1 Å². The minimum atomic E-state index is 0.182. The van der Waals surface area contributed by atoms with E-state index in [1.807, 2.05) is 24.3 Å².